The first-order valence-electron chi connectivity index (χ1n) is 4.87. The number of hydrogen-bond donors (Lipinski definition) is 0. The van der Waals surface area contributed by atoms with Crippen LogP contribution in [-0.4, -0.2) is 19.9 Å². The molecule has 1 fully saturated rings. The van der Waals surface area contributed by atoms with Crippen molar-refractivity contribution in [3.05, 3.63) is 6.42 Å². The molecule has 1 saturated carbocycles. The SMILES string of the molecule is COC(=O)OC[CH]C1CCCCC1. The maximum atomic E-state index is 10.6. The monoisotopic (exact) mass is 185 g/mol. The third-order valence-electron chi connectivity index (χ3n) is 2.45. The van der Waals surface area contributed by atoms with Crippen LogP contribution in [0.25, 0.3) is 0 Å². The molecule has 0 spiro atoms. The fraction of sp³-hybridized carbons (Fsp3) is 0.800. The van der Waals surface area contributed by atoms with Crippen LogP contribution in [-0.2, 0) is 9.47 Å². The molecule has 0 saturated heterocycles. The van der Waals surface area contributed by atoms with E-state index >= 15 is 0 Å². The van der Waals surface area contributed by atoms with Gasteiger partial charge in [0.2, 0.25) is 0 Å². The van der Waals surface area contributed by atoms with E-state index in [4.69, 9.17) is 4.74 Å². The largest absolute Gasteiger partial charge is 0.507 e. The van der Waals surface area contributed by atoms with E-state index in [0.29, 0.717) is 12.5 Å². The first-order chi connectivity index (χ1) is 6.33. The minimum Gasteiger partial charge on any atom is -0.438 e. The van der Waals surface area contributed by atoms with Crippen LogP contribution in [0.5, 0.6) is 0 Å². The Hall–Kier alpha value is -0.730. The van der Waals surface area contributed by atoms with Crippen molar-refractivity contribution in [1.82, 2.24) is 0 Å². The predicted octanol–water partition coefficient (Wildman–Crippen LogP) is 2.55. The zero-order valence-corrected chi connectivity index (χ0v) is 8.12. The maximum absolute atomic E-state index is 10.6. The summed E-state index contributed by atoms with van der Waals surface area (Å²) in [6.45, 7) is 0.386. The first kappa shape index (κ1) is 10.4. The summed E-state index contributed by atoms with van der Waals surface area (Å²) >= 11 is 0. The zero-order chi connectivity index (χ0) is 9.52. The van der Waals surface area contributed by atoms with Gasteiger partial charge >= 0.3 is 6.16 Å². The number of carbonyl (C=O) groups is 1. The molecule has 0 aromatic rings. The summed E-state index contributed by atoms with van der Waals surface area (Å²) in [7, 11) is 1.32. The van der Waals surface area contributed by atoms with Crippen LogP contribution in [0.2, 0.25) is 0 Å². The molecule has 1 rings (SSSR count). The van der Waals surface area contributed by atoms with Crippen molar-refractivity contribution in [3.63, 3.8) is 0 Å². The highest BCUT2D eigenvalue weighted by atomic mass is 16.7. The molecule has 0 aromatic carbocycles. The van der Waals surface area contributed by atoms with E-state index in [2.05, 4.69) is 11.2 Å². The standard InChI is InChI=1S/C10H17O3/c1-12-10(11)13-8-7-9-5-3-2-4-6-9/h7,9H,2-6,8H2,1H3. The average molecular weight is 185 g/mol. The van der Waals surface area contributed by atoms with E-state index < -0.39 is 6.16 Å². The Kier molecular flexibility index (Phi) is 4.65. The molecule has 0 heterocycles. The molecule has 3 heteroatoms. The number of carbonyl (C=O) groups excluding carboxylic acids is 1. The molecular weight excluding hydrogens is 168 g/mol. The Morgan fingerprint density at radius 2 is 2.08 bits per heavy atom. The van der Waals surface area contributed by atoms with Crippen LogP contribution in [0.3, 0.4) is 0 Å². The first-order valence-corrected chi connectivity index (χ1v) is 4.87. The molecule has 0 unspecified atom stereocenters. The van der Waals surface area contributed by atoms with E-state index in [0.717, 1.165) is 0 Å². The molecule has 0 N–H and O–H groups in total. The van der Waals surface area contributed by atoms with Crippen molar-refractivity contribution < 1.29 is 14.3 Å². The van der Waals surface area contributed by atoms with Crippen molar-refractivity contribution in [2.45, 2.75) is 32.1 Å². The Morgan fingerprint density at radius 1 is 1.38 bits per heavy atom. The van der Waals surface area contributed by atoms with E-state index in [1.165, 1.54) is 39.2 Å². The van der Waals surface area contributed by atoms with Crippen molar-refractivity contribution >= 4 is 6.16 Å². The van der Waals surface area contributed by atoms with Crippen molar-refractivity contribution in [1.29, 1.82) is 0 Å². The Labute approximate surface area is 79.4 Å². The Bertz CT molecular complexity index is 150. The van der Waals surface area contributed by atoms with Crippen LogP contribution >= 0.6 is 0 Å². The normalized spacial score (nSPS) is 18.2. The van der Waals surface area contributed by atoms with E-state index in [1.54, 1.807) is 0 Å². The van der Waals surface area contributed by atoms with Crippen LogP contribution in [0, 0.1) is 12.3 Å². The van der Waals surface area contributed by atoms with Gasteiger partial charge in [-0.1, -0.05) is 32.1 Å². The van der Waals surface area contributed by atoms with Gasteiger partial charge in [0.25, 0.3) is 0 Å². The van der Waals surface area contributed by atoms with Gasteiger partial charge in [-0.05, 0) is 5.92 Å². The molecule has 0 aliphatic heterocycles. The smallest absolute Gasteiger partial charge is 0.438 e. The topological polar surface area (TPSA) is 35.5 Å². The van der Waals surface area contributed by atoms with Crippen molar-refractivity contribution in [2.75, 3.05) is 13.7 Å². The summed E-state index contributed by atoms with van der Waals surface area (Å²) in [5.74, 6) is 0.637. The second kappa shape index (κ2) is 5.84. The lowest BCUT2D eigenvalue weighted by atomic mass is 9.87. The summed E-state index contributed by atoms with van der Waals surface area (Å²) in [6, 6.07) is 0. The van der Waals surface area contributed by atoms with Crippen LogP contribution < -0.4 is 0 Å². The molecule has 1 aliphatic carbocycles. The molecule has 0 atom stereocenters. The average Bonchev–Trinajstić information content (AvgIpc) is 2.19. The molecule has 75 valence electrons. The van der Waals surface area contributed by atoms with Gasteiger partial charge in [0, 0.05) is 6.42 Å². The molecule has 3 nitrogen and oxygen atoms in total. The fourth-order valence-electron chi connectivity index (χ4n) is 1.68. The molecule has 0 amide bonds. The lowest BCUT2D eigenvalue weighted by Crippen LogP contribution is -2.13. The van der Waals surface area contributed by atoms with E-state index in [-0.39, 0.29) is 0 Å². The third kappa shape index (κ3) is 4.15. The summed E-state index contributed by atoms with van der Waals surface area (Å²) < 4.78 is 9.14. The third-order valence-corrected chi connectivity index (χ3v) is 2.45. The number of rotatable bonds is 3. The van der Waals surface area contributed by atoms with Gasteiger partial charge in [0.1, 0.15) is 0 Å². The molecule has 1 radical (unpaired) electrons. The lowest BCUT2D eigenvalue weighted by molar-refractivity contribution is 0.0766. The zero-order valence-electron chi connectivity index (χ0n) is 8.12. The van der Waals surface area contributed by atoms with Gasteiger partial charge < -0.3 is 9.47 Å². The summed E-state index contributed by atoms with van der Waals surface area (Å²) in [4.78, 5) is 10.6. The molecular formula is C10H17O3. The number of hydrogen-bond acceptors (Lipinski definition) is 3. The molecule has 13 heavy (non-hydrogen) atoms. The van der Waals surface area contributed by atoms with Crippen LogP contribution in [0.15, 0.2) is 0 Å². The maximum Gasteiger partial charge on any atom is 0.507 e. The molecule has 0 bridgehead atoms. The minimum atomic E-state index is -0.591. The molecule has 1 aliphatic rings. The van der Waals surface area contributed by atoms with Gasteiger partial charge in [0.05, 0.1) is 13.7 Å². The highest BCUT2D eigenvalue weighted by molar-refractivity contribution is 5.59. The van der Waals surface area contributed by atoms with Gasteiger partial charge in [-0.2, -0.15) is 0 Å². The van der Waals surface area contributed by atoms with Gasteiger partial charge in [0.15, 0.2) is 0 Å². The lowest BCUT2D eigenvalue weighted by Gasteiger charge is -2.20. The van der Waals surface area contributed by atoms with E-state index in [9.17, 15) is 4.79 Å². The quantitative estimate of drug-likeness (QED) is 0.634. The van der Waals surface area contributed by atoms with Gasteiger partial charge in [-0.25, -0.2) is 4.79 Å². The second-order valence-electron chi connectivity index (χ2n) is 3.40. The van der Waals surface area contributed by atoms with Gasteiger partial charge in [-0.15, -0.1) is 0 Å². The van der Waals surface area contributed by atoms with Gasteiger partial charge in [-0.3, -0.25) is 0 Å². The number of methoxy groups -OCH3 is 1. The fourth-order valence-corrected chi connectivity index (χ4v) is 1.68. The van der Waals surface area contributed by atoms with Crippen molar-refractivity contribution in [2.24, 2.45) is 5.92 Å². The van der Waals surface area contributed by atoms with Crippen molar-refractivity contribution in [3.8, 4) is 0 Å². The highest BCUT2D eigenvalue weighted by Gasteiger charge is 2.14. The number of ether oxygens (including phenoxy) is 2. The highest BCUT2D eigenvalue weighted by Crippen LogP contribution is 2.25. The second-order valence-corrected chi connectivity index (χ2v) is 3.40. The molecule has 0 aromatic heterocycles. The Morgan fingerprint density at radius 3 is 2.69 bits per heavy atom. The summed E-state index contributed by atoms with van der Waals surface area (Å²) in [5.41, 5.74) is 0. The summed E-state index contributed by atoms with van der Waals surface area (Å²) in [5, 5.41) is 0. The Balaban J connectivity index is 2.01. The van der Waals surface area contributed by atoms with Crippen LogP contribution in [0.4, 0.5) is 4.79 Å². The predicted molar refractivity (Wildman–Crippen MR) is 49.2 cm³/mol. The van der Waals surface area contributed by atoms with E-state index in [1.807, 2.05) is 0 Å². The van der Waals surface area contributed by atoms with Crippen LogP contribution in [0.1, 0.15) is 32.1 Å². The summed E-state index contributed by atoms with van der Waals surface area (Å²) in [6.07, 6.45) is 7.93. The minimum absolute atomic E-state index is 0.386.